The number of aliphatic hydroxyl groups is 3. The summed E-state index contributed by atoms with van der Waals surface area (Å²) < 4.78 is 12.3. The van der Waals surface area contributed by atoms with Crippen LogP contribution in [0.4, 0.5) is 5.82 Å². The highest BCUT2D eigenvalue weighted by Crippen LogP contribution is 2.32. The summed E-state index contributed by atoms with van der Waals surface area (Å²) in [4.78, 5) is 12.7. The molecule has 1 saturated heterocycles. The van der Waals surface area contributed by atoms with Crippen molar-refractivity contribution < 1.29 is 29.9 Å². The van der Waals surface area contributed by atoms with Crippen molar-refractivity contribution in [3.8, 4) is 11.5 Å². The van der Waals surface area contributed by atoms with Gasteiger partial charge in [-0.2, -0.15) is 0 Å². The Morgan fingerprint density at radius 2 is 2.03 bits per heavy atom. The molecule has 1 fully saturated rings. The van der Waals surface area contributed by atoms with E-state index in [4.69, 9.17) is 9.47 Å². The quantitative estimate of drug-likeness (QED) is 0.372. The van der Waals surface area contributed by atoms with E-state index in [1.807, 2.05) is 0 Å². The van der Waals surface area contributed by atoms with Crippen molar-refractivity contribution in [1.29, 1.82) is 0 Å². The Morgan fingerprint density at radius 1 is 1.21 bits per heavy atom. The number of methoxy groups -OCH3 is 1. The SMILES string of the molecule is COc1ccc(O)cc1CNc1ncnc2c1ncn2C1O[C@H](CO)[C@@H](O)[C@H]1O. The van der Waals surface area contributed by atoms with Crippen LogP contribution in [0.5, 0.6) is 11.5 Å². The van der Waals surface area contributed by atoms with Crippen LogP contribution in [0.15, 0.2) is 30.9 Å². The molecule has 1 aliphatic rings. The van der Waals surface area contributed by atoms with Gasteiger partial charge in [0.05, 0.1) is 20.0 Å². The monoisotopic (exact) mass is 403 g/mol. The second-order valence-electron chi connectivity index (χ2n) is 6.62. The molecule has 5 N–H and O–H groups in total. The second-order valence-corrected chi connectivity index (χ2v) is 6.62. The normalized spacial score (nSPS) is 24.1. The number of hydrogen-bond acceptors (Lipinski definition) is 10. The molecule has 4 atom stereocenters. The fourth-order valence-electron chi connectivity index (χ4n) is 3.36. The maximum Gasteiger partial charge on any atom is 0.167 e. The Bertz CT molecular complexity index is 1010. The molecule has 11 nitrogen and oxygen atoms in total. The first kappa shape index (κ1) is 19.3. The molecular weight excluding hydrogens is 382 g/mol. The Kier molecular flexibility index (Phi) is 5.20. The number of nitrogens with zero attached hydrogens (tertiary/aromatic N) is 4. The van der Waals surface area contributed by atoms with Crippen LogP contribution < -0.4 is 10.1 Å². The molecule has 2 aromatic heterocycles. The minimum atomic E-state index is -1.24. The number of benzene rings is 1. The predicted octanol–water partition coefficient (Wildman–Crippen LogP) is -0.236. The van der Waals surface area contributed by atoms with Crippen molar-refractivity contribution in [2.24, 2.45) is 0 Å². The Morgan fingerprint density at radius 3 is 2.76 bits per heavy atom. The van der Waals surface area contributed by atoms with E-state index in [1.54, 1.807) is 19.2 Å². The van der Waals surface area contributed by atoms with Crippen molar-refractivity contribution in [2.45, 2.75) is 31.1 Å². The molecule has 0 radical (unpaired) electrons. The van der Waals surface area contributed by atoms with Crippen LogP contribution in [0.2, 0.25) is 0 Å². The minimum absolute atomic E-state index is 0.115. The lowest BCUT2D eigenvalue weighted by atomic mass is 10.1. The molecule has 0 aliphatic carbocycles. The van der Waals surface area contributed by atoms with Crippen LogP contribution in [0, 0.1) is 0 Å². The lowest BCUT2D eigenvalue weighted by Gasteiger charge is -2.16. The van der Waals surface area contributed by atoms with Crippen LogP contribution in [0.25, 0.3) is 11.2 Å². The third-order valence-corrected chi connectivity index (χ3v) is 4.86. The molecule has 1 aromatic carbocycles. The summed E-state index contributed by atoms with van der Waals surface area (Å²) in [5.74, 6) is 1.16. The lowest BCUT2D eigenvalue weighted by Crippen LogP contribution is -2.33. The predicted molar refractivity (Wildman–Crippen MR) is 100 cm³/mol. The highest BCUT2D eigenvalue weighted by atomic mass is 16.6. The van der Waals surface area contributed by atoms with Crippen molar-refractivity contribution >= 4 is 17.0 Å². The molecule has 0 spiro atoms. The molecule has 4 rings (SSSR count). The Labute approximate surface area is 165 Å². The molecule has 1 unspecified atom stereocenters. The Balaban J connectivity index is 1.61. The first-order valence-corrected chi connectivity index (χ1v) is 8.93. The van der Waals surface area contributed by atoms with Gasteiger partial charge in [-0.3, -0.25) is 4.57 Å². The van der Waals surface area contributed by atoms with Crippen molar-refractivity contribution in [3.05, 3.63) is 36.4 Å². The molecule has 1 aliphatic heterocycles. The van der Waals surface area contributed by atoms with E-state index in [0.29, 0.717) is 29.3 Å². The van der Waals surface area contributed by atoms with Crippen molar-refractivity contribution in [1.82, 2.24) is 19.5 Å². The molecule has 3 heterocycles. The molecule has 154 valence electrons. The lowest BCUT2D eigenvalue weighted by molar-refractivity contribution is -0.0511. The maximum atomic E-state index is 10.3. The van der Waals surface area contributed by atoms with E-state index in [1.165, 1.54) is 23.3 Å². The number of hydrogen-bond donors (Lipinski definition) is 5. The van der Waals surface area contributed by atoms with E-state index in [0.717, 1.165) is 5.56 Å². The molecule has 3 aromatic rings. The first-order valence-electron chi connectivity index (χ1n) is 8.93. The van der Waals surface area contributed by atoms with Gasteiger partial charge in [0, 0.05) is 12.1 Å². The number of aromatic hydroxyl groups is 1. The number of fused-ring (bicyclic) bond motifs is 1. The number of phenolic OH excluding ortho intramolecular Hbond substituents is 1. The van der Waals surface area contributed by atoms with Gasteiger partial charge in [-0.1, -0.05) is 0 Å². The molecule has 0 amide bonds. The van der Waals surface area contributed by atoms with Crippen LogP contribution in [-0.2, 0) is 11.3 Å². The number of nitrogens with one attached hydrogen (secondary N) is 1. The van der Waals surface area contributed by atoms with Gasteiger partial charge in [-0.25, -0.2) is 15.0 Å². The number of imidazole rings is 1. The summed E-state index contributed by atoms with van der Waals surface area (Å²) in [6.07, 6.45) is -1.54. The van der Waals surface area contributed by atoms with Crippen LogP contribution >= 0.6 is 0 Å². The second kappa shape index (κ2) is 7.79. The molecule has 0 saturated carbocycles. The minimum Gasteiger partial charge on any atom is -0.508 e. The number of rotatable bonds is 6. The zero-order chi connectivity index (χ0) is 20.5. The molecule has 11 heteroatoms. The fourth-order valence-corrected chi connectivity index (χ4v) is 3.36. The van der Waals surface area contributed by atoms with Gasteiger partial charge in [-0.05, 0) is 18.2 Å². The van der Waals surface area contributed by atoms with Gasteiger partial charge in [0.2, 0.25) is 0 Å². The highest BCUT2D eigenvalue weighted by Gasteiger charge is 2.44. The average molecular weight is 403 g/mol. The third-order valence-electron chi connectivity index (χ3n) is 4.86. The number of phenols is 1. The number of aliphatic hydroxyl groups excluding tert-OH is 3. The van der Waals surface area contributed by atoms with Crippen molar-refractivity contribution in [2.75, 3.05) is 19.0 Å². The van der Waals surface area contributed by atoms with E-state index in [-0.39, 0.29) is 5.75 Å². The topological polar surface area (TPSA) is 155 Å². The standard InChI is InChI=1S/C18H21N5O6/c1-28-11-3-2-10(25)4-9(11)5-19-16-13-17(21-7-20-16)23(8-22-13)18-15(27)14(26)12(6-24)29-18/h2-4,7-8,12,14-15,18,24-27H,5-6H2,1H3,(H,19,20,21)/t12-,14-,15-,18?/m1/s1. The van der Waals surface area contributed by atoms with Gasteiger partial charge in [0.25, 0.3) is 0 Å². The van der Waals surface area contributed by atoms with Crippen LogP contribution in [0.1, 0.15) is 11.8 Å². The largest absolute Gasteiger partial charge is 0.508 e. The van der Waals surface area contributed by atoms with Crippen molar-refractivity contribution in [3.63, 3.8) is 0 Å². The zero-order valence-electron chi connectivity index (χ0n) is 15.5. The first-order chi connectivity index (χ1) is 14.0. The van der Waals surface area contributed by atoms with Gasteiger partial charge >= 0.3 is 0 Å². The number of aromatic nitrogens is 4. The van der Waals surface area contributed by atoms with E-state index in [2.05, 4.69) is 20.3 Å². The van der Waals surface area contributed by atoms with Crippen LogP contribution in [0.3, 0.4) is 0 Å². The van der Waals surface area contributed by atoms with Gasteiger partial charge < -0.3 is 35.2 Å². The molecular formula is C18H21N5O6. The summed E-state index contributed by atoms with van der Waals surface area (Å²) in [6, 6.07) is 4.79. The van der Waals surface area contributed by atoms with E-state index < -0.39 is 31.1 Å². The molecule has 0 bridgehead atoms. The number of anilines is 1. The van der Waals surface area contributed by atoms with Gasteiger partial charge in [0.15, 0.2) is 23.2 Å². The van der Waals surface area contributed by atoms with Crippen LogP contribution in [-0.4, -0.2) is 72.0 Å². The highest BCUT2D eigenvalue weighted by molar-refractivity contribution is 5.82. The number of ether oxygens (including phenoxy) is 2. The summed E-state index contributed by atoms with van der Waals surface area (Å²) >= 11 is 0. The maximum absolute atomic E-state index is 10.3. The third kappa shape index (κ3) is 3.44. The van der Waals surface area contributed by atoms with E-state index in [9.17, 15) is 20.4 Å². The Hall–Kier alpha value is -2.99. The molecule has 29 heavy (non-hydrogen) atoms. The summed E-state index contributed by atoms with van der Waals surface area (Å²) in [6.45, 7) is -0.112. The van der Waals surface area contributed by atoms with Gasteiger partial charge in [-0.15, -0.1) is 0 Å². The summed E-state index contributed by atoms with van der Waals surface area (Å²) in [5.41, 5.74) is 1.55. The summed E-state index contributed by atoms with van der Waals surface area (Å²) in [7, 11) is 1.54. The van der Waals surface area contributed by atoms with Gasteiger partial charge in [0.1, 0.15) is 36.1 Å². The smallest absolute Gasteiger partial charge is 0.167 e. The zero-order valence-corrected chi connectivity index (χ0v) is 15.5. The average Bonchev–Trinajstić information content (AvgIpc) is 3.28. The summed E-state index contributed by atoms with van der Waals surface area (Å²) in [5, 5.41) is 42.4. The van der Waals surface area contributed by atoms with E-state index >= 15 is 0 Å². The fraction of sp³-hybridized carbons (Fsp3) is 0.389.